The van der Waals surface area contributed by atoms with Crippen molar-refractivity contribution in [1.29, 1.82) is 0 Å². The van der Waals surface area contributed by atoms with Crippen molar-refractivity contribution in [3.05, 3.63) is 41.2 Å². The molecule has 1 fully saturated rings. The van der Waals surface area contributed by atoms with Crippen molar-refractivity contribution in [2.75, 3.05) is 30.0 Å². The maximum Gasteiger partial charge on any atom is 0.322 e. The zero-order valence-corrected chi connectivity index (χ0v) is 16.4. The van der Waals surface area contributed by atoms with Gasteiger partial charge in [0.15, 0.2) is 11.6 Å². The van der Waals surface area contributed by atoms with Crippen molar-refractivity contribution in [1.82, 2.24) is 14.7 Å². The number of urea groups is 1. The highest BCUT2D eigenvalue weighted by Gasteiger charge is 2.33. The van der Waals surface area contributed by atoms with Crippen molar-refractivity contribution in [3.63, 3.8) is 0 Å². The van der Waals surface area contributed by atoms with Crippen LogP contribution < -0.4 is 10.2 Å². The van der Waals surface area contributed by atoms with Gasteiger partial charge >= 0.3 is 6.03 Å². The lowest BCUT2D eigenvalue weighted by atomic mass is 10.1. The zero-order valence-electron chi connectivity index (χ0n) is 16.4. The third kappa shape index (κ3) is 3.94. The topological polar surface area (TPSA) is 79.7 Å². The molecular formula is C19H19F4N5O3. The number of benzene rings is 1. The fourth-order valence-electron chi connectivity index (χ4n) is 3.69. The number of nitrogens with one attached hydrogen (secondary N) is 1. The Balaban J connectivity index is 1.56. The highest BCUT2D eigenvalue weighted by atomic mass is 19.3. The molecule has 8 nitrogen and oxygen atoms in total. The second kappa shape index (κ2) is 8.17. The van der Waals surface area contributed by atoms with Crippen LogP contribution in [0.2, 0.25) is 0 Å². The van der Waals surface area contributed by atoms with Gasteiger partial charge in [-0.3, -0.25) is 9.48 Å². The predicted molar refractivity (Wildman–Crippen MR) is 101 cm³/mol. The van der Waals surface area contributed by atoms with Crippen molar-refractivity contribution < 1.29 is 31.9 Å². The number of anilines is 2. The number of hydrogen-bond donors (Lipinski definition) is 1. The highest BCUT2D eigenvalue weighted by molar-refractivity contribution is 5.95. The van der Waals surface area contributed by atoms with Gasteiger partial charge in [0.1, 0.15) is 6.61 Å². The first-order valence-corrected chi connectivity index (χ1v) is 9.53. The number of halogens is 4. The summed E-state index contributed by atoms with van der Waals surface area (Å²) >= 11 is 0. The third-order valence-corrected chi connectivity index (χ3v) is 5.30. The van der Waals surface area contributed by atoms with Gasteiger partial charge in [0, 0.05) is 18.3 Å². The van der Waals surface area contributed by atoms with E-state index in [1.165, 1.54) is 4.90 Å². The number of amides is 3. The molecule has 1 atom stereocenters. The molecule has 1 aromatic carbocycles. The standard InChI is InChI=1S/C19H19F4N5O3/c1-10-7-28-15(14(6-24-28)26-2-3-31-9-16(26)29)8-27(10)19(30)25-11-4-12(18(22)23)17(21)13(20)5-11/h4-6,10,18H,2-3,7-9H2,1H3,(H,25,30). The van der Waals surface area contributed by atoms with Crippen molar-refractivity contribution >= 4 is 23.3 Å². The molecule has 1 aromatic heterocycles. The SMILES string of the molecule is CC1Cn2ncc(N3CCOCC3=O)c2CN1C(=O)Nc1cc(F)c(F)c(C(F)F)c1. The molecule has 31 heavy (non-hydrogen) atoms. The summed E-state index contributed by atoms with van der Waals surface area (Å²) in [7, 11) is 0. The lowest BCUT2D eigenvalue weighted by Gasteiger charge is -2.35. The van der Waals surface area contributed by atoms with Gasteiger partial charge in [-0.05, 0) is 13.0 Å². The number of aromatic nitrogens is 2. The van der Waals surface area contributed by atoms with Crippen molar-refractivity contribution in [2.45, 2.75) is 32.5 Å². The van der Waals surface area contributed by atoms with E-state index >= 15 is 0 Å². The number of hydrogen-bond acceptors (Lipinski definition) is 4. The van der Waals surface area contributed by atoms with Crippen LogP contribution in [-0.2, 0) is 22.6 Å². The second-order valence-corrected chi connectivity index (χ2v) is 7.33. The van der Waals surface area contributed by atoms with Gasteiger partial charge in [-0.2, -0.15) is 5.10 Å². The van der Waals surface area contributed by atoms with Crippen LogP contribution in [-0.4, -0.2) is 52.4 Å². The highest BCUT2D eigenvalue weighted by Crippen LogP contribution is 2.30. The Morgan fingerprint density at radius 3 is 2.81 bits per heavy atom. The number of nitrogens with zero attached hydrogens (tertiary/aromatic N) is 4. The number of carbonyl (C=O) groups excluding carboxylic acids is 2. The van der Waals surface area contributed by atoms with Crippen LogP contribution in [0.15, 0.2) is 18.3 Å². The normalized spacial score (nSPS) is 19.0. The van der Waals surface area contributed by atoms with E-state index in [4.69, 9.17) is 4.74 Å². The minimum atomic E-state index is -3.23. The van der Waals surface area contributed by atoms with Crippen LogP contribution in [0.5, 0.6) is 0 Å². The number of fused-ring (bicyclic) bond motifs is 1. The molecule has 4 rings (SSSR count). The number of morpholine rings is 1. The minimum Gasteiger partial charge on any atom is -0.370 e. The van der Waals surface area contributed by atoms with Crippen LogP contribution >= 0.6 is 0 Å². The summed E-state index contributed by atoms with van der Waals surface area (Å²) in [6.07, 6.45) is -1.68. The molecule has 0 saturated carbocycles. The fraction of sp³-hybridized carbons (Fsp3) is 0.421. The summed E-state index contributed by atoms with van der Waals surface area (Å²) in [6.45, 7) is 2.86. The minimum absolute atomic E-state index is 0.0478. The first-order chi connectivity index (χ1) is 14.8. The molecule has 3 amide bonds. The first-order valence-electron chi connectivity index (χ1n) is 9.53. The summed E-state index contributed by atoms with van der Waals surface area (Å²) in [4.78, 5) is 28.0. The van der Waals surface area contributed by atoms with Crippen LogP contribution in [0.1, 0.15) is 24.6 Å². The van der Waals surface area contributed by atoms with Crippen LogP contribution in [0.4, 0.5) is 33.7 Å². The smallest absolute Gasteiger partial charge is 0.322 e. The Hall–Kier alpha value is -3.15. The number of rotatable bonds is 3. The van der Waals surface area contributed by atoms with E-state index in [1.54, 1.807) is 22.7 Å². The summed E-state index contributed by atoms with van der Waals surface area (Å²) in [6, 6.07) is 0.346. The second-order valence-electron chi connectivity index (χ2n) is 7.33. The quantitative estimate of drug-likeness (QED) is 0.743. The van der Waals surface area contributed by atoms with E-state index in [-0.39, 0.29) is 30.8 Å². The largest absolute Gasteiger partial charge is 0.370 e. The van der Waals surface area contributed by atoms with E-state index in [9.17, 15) is 27.2 Å². The molecule has 2 aromatic rings. The first kappa shape index (κ1) is 21.1. The molecule has 0 aliphatic carbocycles. The monoisotopic (exact) mass is 441 g/mol. The Bertz CT molecular complexity index is 1030. The Morgan fingerprint density at radius 2 is 2.10 bits per heavy atom. The molecule has 2 aliphatic rings. The Kier molecular flexibility index (Phi) is 5.56. The van der Waals surface area contributed by atoms with Gasteiger partial charge in [-0.15, -0.1) is 0 Å². The maximum atomic E-state index is 13.7. The van der Waals surface area contributed by atoms with E-state index in [0.29, 0.717) is 43.2 Å². The average Bonchev–Trinajstić information content (AvgIpc) is 3.12. The van der Waals surface area contributed by atoms with Crippen LogP contribution in [0.3, 0.4) is 0 Å². The molecule has 0 bridgehead atoms. The van der Waals surface area contributed by atoms with Crippen molar-refractivity contribution in [3.8, 4) is 0 Å². The van der Waals surface area contributed by atoms with E-state index < -0.39 is 29.7 Å². The number of ether oxygens (including phenoxy) is 1. The van der Waals surface area contributed by atoms with E-state index in [2.05, 4.69) is 10.4 Å². The van der Waals surface area contributed by atoms with Gasteiger partial charge in [0.2, 0.25) is 0 Å². The molecule has 1 saturated heterocycles. The summed E-state index contributed by atoms with van der Waals surface area (Å²) in [5, 5.41) is 6.65. The molecule has 166 valence electrons. The summed E-state index contributed by atoms with van der Waals surface area (Å²) in [5.41, 5.74) is -0.227. The van der Waals surface area contributed by atoms with Crippen molar-refractivity contribution in [2.24, 2.45) is 0 Å². The molecule has 2 aliphatic heterocycles. The summed E-state index contributed by atoms with van der Waals surface area (Å²) < 4.78 is 59.9. The van der Waals surface area contributed by atoms with Gasteiger partial charge in [-0.1, -0.05) is 0 Å². The molecule has 3 heterocycles. The fourth-order valence-corrected chi connectivity index (χ4v) is 3.69. The van der Waals surface area contributed by atoms with E-state index in [1.807, 2.05) is 0 Å². The third-order valence-electron chi connectivity index (χ3n) is 5.30. The van der Waals surface area contributed by atoms with E-state index in [0.717, 1.165) is 0 Å². The number of alkyl halides is 2. The predicted octanol–water partition coefficient (Wildman–Crippen LogP) is 2.90. The molecule has 0 radical (unpaired) electrons. The molecule has 1 N–H and O–H groups in total. The lowest BCUT2D eigenvalue weighted by molar-refractivity contribution is -0.125. The van der Waals surface area contributed by atoms with Gasteiger partial charge in [0.05, 0.1) is 48.9 Å². The van der Waals surface area contributed by atoms with Gasteiger partial charge in [-0.25, -0.2) is 22.4 Å². The van der Waals surface area contributed by atoms with Gasteiger partial charge in [0.25, 0.3) is 12.3 Å². The molecular weight excluding hydrogens is 422 g/mol. The number of carbonyl (C=O) groups is 2. The van der Waals surface area contributed by atoms with Crippen LogP contribution in [0, 0.1) is 11.6 Å². The Labute approximate surface area is 174 Å². The Morgan fingerprint density at radius 1 is 1.32 bits per heavy atom. The molecule has 0 spiro atoms. The van der Waals surface area contributed by atoms with Crippen LogP contribution in [0.25, 0.3) is 0 Å². The van der Waals surface area contributed by atoms with Gasteiger partial charge < -0.3 is 19.9 Å². The summed E-state index contributed by atoms with van der Waals surface area (Å²) in [5.74, 6) is -3.35. The zero-order chi connectivity index (χ0) is 22.3. The maximum absolute atomic E-state index is 13.7. The molecule has 12 heteroatoms. The molecule has 1 unspecified atom stereocenters. The lowest BCUT2D eigenvalue weighted by Crippen LogP contribution is -2.48. The average molecular weight is 441 g/mol.